The number of rotatable bonds is 0. The lowest BCUT2D eigenvalue weighted by Gasteiger charge is -2.17. The van der Waals surface area contributed by atoms with Gasteiger partial charge in [0.25, 0.3) is 0 Å². The van der Waals surface area contributed by atoms with Gasteiger partial charge in [0.15, 0.2) is 0 Å². The summed E-state index contributed by atoms with van der Waals surface area (Å²) >= 11 is 11.2. The molecule has 0 fully saturated rings. The van der Waals surface area contributed by atoms with Gasteiger partial charge in [0.2, 0.25) is 0 Å². The van der Waals surface area contributed by atoms with E-state index in [-0.39, 0.29) is 5.16 Å². The first-order chi connectivity index (χ1) is 2.94. The van der Waals surface area contributed by atoms with Gasteiger partial charge < -0.3 is 0 Å². The molecule has 0 heterocycles. The Morgan fingerprint density at radius 1 is 1.14 bits per heavy atom. The smallest absolute Gasteiger partial charge is 0.0775 e. The highest BCUT2D eigenvalue weighted by Crippen LogP contribution is 2.57. The average molecular weight is 159 g/mol. The van der Waals surface area contributed by atoms with E-state index in [1.54, 1.807) is 0 Å². The molecule has 0 atom stereocenters. The molecule has 0 amide bonds. The van der Waals surface area contributed by atoms with Gasteiger partial charge in [-0.05, 0) is 0 Å². The average Bonchev–Trinajstić information content (AvgIpc) is 1.31. The van der Waals surface area contributed by atoms with Crippen LogP contribution in [0.2, 0.25) is 0 Å². The molecule has 3 heteroatoms. The highest BCUT2D eigenvalue weighted by atomic mass is 35.9. The highest BCUT2D eigenvalue weighted by Gasteiger charge is 2.18. The zero-order valence-electron chi connectivity index (χ0n) is 4.70. The van der Waals surface area contributed by atoms with Crippen molar-refractivity contribution < 1.29 is 0 Å². The fraction of sp³-hybridized carbons (Fsp3) is 1.00. The van der Waals surface area contributed by atoms with E-state index in [4.69, 9.17) is 22.5 Å². The topological polar surface area (TPSA) is 0 Å². The number of hydrogen-bond acceptors (Lipinski definition) is 0. The quantitative estimate of drug-likeness (QED) is 0.474. The van der Waals surface area contributed by atoms with E-state index in [9.17, 15) is 0 Å². The summed E-state index contributed by atoms with van der Waals surface area (Å²) in [5.41, 5.74) is 0. The molecule has 0 N–H and O–H groups in total. The molecule has 0 aliphatic rings. The molecule has 0 aromatic heterocycles. The molecule has 0 nitrogen and oxygen atoms in total. The Bertz CT molecular complexity index is 55.2. The van der Waals surface area contributed by atoms with Gasteiger partial charge in [0.05, 0.1) is 6.63 Å². The molecule has 0 aromatic rings. The van der Waals surface area contributed by atoms with Crippen LogP contribution in [-0.4, -0.2) is 5.16 Å². The Labute approximate surface area is 55.5 Å². The summed E-state index contributed by atoms with van der Waals surface area (Å²) in [6.07, 6.45) is 0. The van der Waals surface area contributed by atoms with E-state index in [1.165, 1.54) is 0 Å². The first-order valence-corrected chi connectivity index (χ1v) is 5.21. The lowest BCUT2D eigenvalue weighted by Crippen LogP contribution is -2.04. The third-order valence-electron chi connectivity index (χ3n) is 0.507. The van der Waals surface area contributed by atoms with Crippen molar-refractivity contribution in [1.82, 2.24) is 0 Å². The van der Waals surface area contributed by atoms with Gasteiger partial charge in [-0.2, -0.15) is 0 Å². The molecule has 0 radical (unpaired) electrons. The standard InChI is InChI=1S/C4H9Cl2P/c1-4(2,3)7(5)6/h1-3H3. The van der Waals surface area contributed by atoms with E-state index < -0.39 is 6.63 Å². The molecule has 0 bridgehead atoms. The summed E-state index contributed by atoms with van der Waals surface area (Å²) < 4.78 is 0. The van der Waals surface area contributed by atoms with Crippen molar-refractivity contribution in [3.8, 4) is 0 Å². The summed E-state index contributed by atoms with van der Waals surface area (Å²) in [7, 11) is 0. The molecule has 0 saturated carbocycles. The van der Waals surface area contributed by atoms with E-state index in [0.717, 1.165) is 0 Å². The second kappa shape index (κ2) is 2.53. The van der Waals surface area contributed by atoms with Crippen molar-refractivity contribution in [3.05, 3.63) is 0 Å². The Morgan fingerprint density at radius 3 is 1.29 bits per heavy atom. The van der Waals surface area contributed by atoms with Gasteiger partial charge in [0, 0.05) is 5.16 Å². The Balaban J connectivity index is 3.54. The maximum absolute atomic E-state index is 5.58. The van der Waals surface area contributed by atoms with Crippen molar-refractivity contribution in [3.63, 3.8) is 0 Å². The van der Waals surface area contributed by atoms with Gasteiger partial charge in [0.1, 0.15) is 0 Å². The van der Waals surface area contributed by atoms with Gasteiger partial charge in [-0.25, -0.2) is 0 Å². The van der Waals surface area contributed by atoms with Gasteiger partial charge >= 0.3 is 0 Å². The van der Waals surface area contributed by atoms with Crippen LogP contribution in [0.1, 0.15) is 20.8 Å². The van der Waals surface area contributed by atoms with Crippen LogP contribution in [0.25, 0.3) is 0 Å². The predicted molar refractivity (Wildman–Crippen MR) is 38.4 cm³/mol. The summed E-state index contributed by atoms with van der Waals surface area (Å²) in [6.45, 7) is 5.28. The normalized spacial score (nSPS) is 12.9. The molecule has 44 valence electrons. The Morgan fingerprint density at radius 2 is 1.29 bits per heavy atom. The third-order valence-corrected chi connectivity index (χ3v) is 4.56. The molecule has 0 aliphatic carbocycles. The van der Waals surface area contributed by atoms with E-state index in [0.29, 0.717) is 0 Å². The largest absolute Gasteiger partial charge is 0.0909 e. The fourth-order valence-corrected chi connectivity index (χ4v) is 0. The van der Waals surface area contributed by atoms with Crippen LogP contribution >= 0.6 is 29.1 Å². The Kier molecular flexibility index (Phi) is 2.89. The minimum absolute atomic E-state index is 0.0957. The van der Waals surface area contributed by atoms with Crippen molar-refractivity contribution in [2.75, 3.05) is 0 Å². The first kappa shape index (κ1) is 8.01. The Hall–Kier alpha value is 1.01. The monoisotopic (exact) mass is 158 g/mol. The molecule has 0 aromatic carbocycles. The van der Waals surface area contributed by atoms with Crippen molar-refractivity contribution in [1.29, 1.82) is 0 Å². The zero-order valence-corrected chi connectivity index (χ0v) is 7.11. The molecular formula is C4H9Cl2P. The van der Waals surface area contributed by atoms with Crippen LogP contribution < -0.4 is 0 Å². The maximum Gasteiger partial charge on any atom is 0.0909 e. The van der Waals surface area contributed by atoms with Crippen LogP contribution in [-0.2, 0) is 0 Å². The van der Waals surface area contributed by atoms with Crippen molar-refractivity contribution in [2.24, 2.45) is 0 Å². The SMILES string of the molecule is CC(C)(C)P(Cl)Cl. The minimum Gasteiger partial charge on any atom is -0.0775 e. The predicted octanol–water partition coefficient (Wildman–Crippen LogP) is 3.57. The van der Waals surface area contributed by atoms with Crippen LogP contribution in [0.15, 0.2) is 0 Å². The van der Waals surface area contributed by atoms with E-state index in [1.807, 2.05) is 20.8 Å². The second-order valence-corrected chi connectivity index (χ2v) is 6.76. The zero-order chi connectivity index (χ0) is 6.08. The molecule has 0 spiro atoms. The van der Waals surface area contributed by atoms with Crippen molar-refractivity contribution >= 4 is 29.1 Å². The molecule has 0 saturated heterocycles. The van der Waals surface area contributed by atoms with Crippen LogP contribution in [0.3, 0.4) is 0 Å². The van der Waals surface area contributed by atoms with Gasteiger partial charge in [-0.1, -0.05) is 43.3 Å². The van der Waals surface area contributed by atoms with Gasteiger partial charge in [-0.15, -0.1) is 0 Å². The molecule has 0 rings (SSSR count). The number of halogens is 2. The lowest BCUT2D eigenvalue weighted by atomic mass is 10.3. The molecule has 0 unspecified atom stereocenters. The fourth-order valence-electron chi connectivity index (χ4n) is 0. The van der Waals surface area contributed by atoms with Crippen LogP contribution in [0.4, 0.5) is 0 Å². The number of hydrogen-bond donors (Lipinski definition) is 0. The second-order valence-electron chi connectivity index (χ2n) is 2.40. The van der Waals surface area contributed by atoms with Crippen molar-refractivity contribution in [2.45, 2.75) is 25.9 Å². The highest BCUT2D eigenvalue weighted by molar-refractivity contribution is 8.04. The molecule has 0 aliphatic heterocycles. The maximum atomic E-state index is 5.58. The lowest BCUT2D eigenvalue weighted by molar-refractivity contribution is 0.799. The van der Waals surface area contributed by atoms with E-state index >= 15 is 0 Å². The summed E-state index contributed by atoms with van der Waals surface area (Å²) in [4.78, 5) is 0. The molecule has 7 heavy (non-hydrogen) atoms. The van der Waals surface area contributed by atoms with E-state index in [2.05, 4.69) is 0 Å². The summed E-state index contributed by atoms with van der Waals surface area (Å²) in [5.74, 6) is 0. The van der Waals surface area contributed by atoms with Gasteiger partial charge in [-0.3, -0.25) is 0 Å². The first-order valence-electron chi connectivity index (χ1n) is 2.06. The molecular weight excluding hydrogens is 150 g/mol. The minimum atomic E-state index is -0.797. The third kappa shape index (κ3) is 3.58. The van der Waals surface area contributed by atoms with Crippen LogP contribution in [0, 0.1) is 0 Å². The summed E-state index contributed by atoms with van der Waals surface area (Å²) in [6, 6.07) is 0. The van der Waals surface area contributed by atoms with Crippen LogP contribution in [0.5, 0.6) is 0 Å². The summed E-state index contributed by atoms with van der Waals surface area (Å²) in [5, 5.41) is 0.0957.